The number of carboxylic acid groups (broad SMARTS) is 1. The lowest BCUT2D eigenvalue weighted by atomic mass is 10.1. The van der Waals surface area contributed by atoms with E-state index in [0.29, 0.717) is 13.0 Å². The normalized spacial score (nSPS) is 11.7. The molecule has 110 valence electrons. The average Bonchev–Trinajstić information content (AvgIpc) is 2.34. The number of hydrogen-bond donors (Lipinski definition) is 2. The first-order valence-corrected chi connectivity index (χ1v) is 6.69. The Morgan fingerprint density at radius 2 is 1.84 bits per heavy atom. The van der Waals surface area contributed by atoms with Crippen molar-refractivity contribution in [1.29, 1.82) is 0 Å². The van der Waals surface area contributed by atoms with Gasteiger partial charge in [0.25, 0.3) is 0 Å². The molecule has 19 heavy (non-hydrogen) atoms. The summed E-state index contributed by atoms with van der Waals surface area (Å²) in [6.07, 6.45) is 2.70. The van der Waals surface area contributed by atoms with Crippen molar-refractivity contribution < 1.29 is 24.2 Å². The number of carboxylic acids is 1. The number of aliphatic carboxylic acids is 1. The lowest BCUT2D eigenvalue weighted by Crippen LogP contribution is -2.41. The Hall–Kier alpha value is -1.59. The molecule has 1 amide bonds. The molecule has 0 aliphatic heterocycles. The molecule has 1 atom stereocenters. The average molecular weight is 273 g/mol. The summed E-state index contributed by atoms with van der Waals surface area (Å²) in [7, 11) is 0. The molecule has 0 rings (SSSR count). The first kappa shape index (κ1) is 17.4. The van der Waals surface area contributed by atoms with Crippen molar-refractivity contribution in [2.45, 2.75) is 58.4 Å². The maximum Gasteiger partial charge on any atom is 0.326 e. The van der Waals surface area contributed by atoms with E-state index in [-0.39, 0.29) is 25.2 Å². The van der Waals surface area contributed by atoms with Gasteiger partial charge in [0.2, 0.25) is 5.91 Å². The van der Waals surface area contributed by atoms with E-state index in [1.165, 1.54) is 0 Å². The third-order valence-electron chi connectivity index (χ3n) is 2.51. The molecule has 0 heterocycles. The largest absolute Gasteiger partial charge is 0.480 e. The molecule has 0 aromatic heterocycles. The zero-order valence-corrected chi connectivity index (χ0v) is 11.6. The van der Waals surface area contributed by atoms with Gasteiger partial charge in [0.1, 0.15) is 6.04 Å². The first-order chi connectivity index (χ1) is 9.01. The SMILES string of the molecule is CCCCOC(=O)CC[C@H](NC(=O)CCC)C(=O)O. The summed E-state index contributed by atoms with van der Waals surface area (Å²) in [6.45, 7) is 4.17. The van der Waals surface area contributed by atoms with Crippen molar-refractivity contribution in [2.24, 2.45) is 0 Å². The van der Waals surface area contributed by atoms with Crippen LogP contribution in [0.25, 0.3) is 0 Å². The quantitative estimate of drug-likeness (QED) is 0.464. The number of carbonyl (C=O) groups excluding carboxylic acids is 2. The van der Waals surface area contributed by atoms with Crippen molar-refractivity contribution >= 4 is 17.8 Å². The minimum atomic E-state index is -1.13. The highest BCUT2D eigenvalue weighted by molar-refractivity contribution is 5.83. The number of nitrogens with one attached hydrogen (secondary N) is 1. The van der Waals surface area contributed by atoms with Crippen LogP contribution in [0.5, 0.6) is 0 Å². The van der Waals surface area contributed by atoms with Crippen LogP contribution in [0.1, 0.15) is 52.4 Å². The molecule has 0 aliphatic rings. The van der Waals surface area contributed by atoms with Crippen molar-refractivity contribution in [3.05, 3.63) is 0 Å². The van der Waals surface area contributed by atoms with Gasteiger partial charge in [-0.05, 0) is 19.3 Å². The van der Waals surface area contributed by atoms with Gasteiger partial charge < -0.3 is 15.2 Å². The summed E-state index contributed by atoms with van der Waals surface area (Å²) in [5, 5.41) is 11.3. The van der Waals surface area contributed by atoms with Crippen LogP contribution < -0.4 is 5.32 Å². The maximum absolute atomic E-state index is 11.3. The van der Waals surface area contributed by atoms with Crippen LogP contribution in [-0.4, -0.2) is 35.6 Å². The van der Waals surface area contributed by atoms with E-state index < -0.39 is 18.0 Å². The van der Waals surface area contributed by atoms with Gasteiger partial charge in [0.15, 0.2) is 0 Å². The van der Waals surface area contributed by atoms with Gasteiger partial charge in [-0.3, -0.25) is 9.59 Å². The molecule has 0 aliphatic carbocycles. The lowest BCUT2D eigenvalue weighted by Gasteiger charge is -2.13. The zero-order valence-electron chi connectivity index (χ0n) is 11.6. The van der Waals surface area contributed by atoms with Crippen LogP contribution in [0, 0.1) is 0 Å². The smallest absolute Gasteiger partial charge is 0.326 e. The molecule has 0 bridgehead atoms. The van der Waals surface area contributed by atoms with Crippen molar-refractivity contribution in [3.63, 3.8) is 0 Å². The van der Waals surface area contributed by atoms with E-state index >= 15 is 0 Å². The monoisotopic (exact) mass is 273 g/mol. The molecule has 2 N–H and O–H groups in total. The number of amides is 1. The van der Waals surface area contributed by atoms with E-state index in [1.54, 1.807) is 0 Å². The highest BCUT2D eigenvalue weighted by atomic mass is 16.5. The second-order valence-corrected chi connectivity index (χ2v) is 4.32. The predicted molar refractivity (Wildman–Crippen MR) is 69.6 cm³/mol. The first-order valence-electron chi connectivity index (χ1n) is 6.69. The summed E-state index contributed by atoms with van der Waals surface area (Å²) < 4.78 is 4.92. The fraction of sp³-hybridized carbons (Fsp3) is 0.769. The minimum absolute atomic E-state index is 0.00686. The van der Waals surface area contributed by atoms with Gasteiger partial charge in [0, 0.05) is 12.8 Å². The topological polar surface area (TPSA) is 92.7 Å². The minimum Gasteiger partial charge on any atom is -0.480 e. The Morgan fingerprint density at radius 1 is 1.16 bits per heavy atom. The summed E-state index contributed by atoms with van der Waals surface area (Å²) in [5.74, 6) is -1.87. The summed E-state index contributed by atoms with van der Waals surface area (Å²) in [5.41, 5.74) is 0. The number of ether oxygens (including phenoxy) is 1. The van der Waals surface area contributed by atoms with Crippen LogP contribution in [0.3, 0.4) is 0 Å². The molecule has 0 saturated heterocycles. The third-order valence-corrected chi connectivity index (χ3v) is 2.51. The highest BCUT2D eigenvalue weighted by Gasteiger charge is 2.20. The molecule has 0 saturated carbocycles. The zero-order chi connectivity index (χ0) is 14.7. The molecule has 0 aromatic carbocycles. The second-order valence-electron chi connectivity index (χ2n) is 4.32. The molecule has 0 aromatic rings. The van der Waals surface area contributed by atoms with Crippen molar-refractivity contribution in [3.8, 4) is 0 Å². The van der Waals surface area contributed by atoms with Crippen LogP contribution in [0.4, 0.5) is 0 Å². The van der Waals surface area contributed by atoms with E-state index in [2.05, 4.69) is 5.32 Å². The molecule has 0 unspecified atom stereocenters. The molecule has 6 heteroatoms. The number of esters is 1. The Labute approximate surface area is 113 Å². The second kappa shape index (κ2) is 10.3. The Kier molecular flexibility index (Phi) is 9.48. The molecule has 0 radical (unpaired) electrons. The van der Waals surface area contributed by atoms with Gasteiger partial charge >= 0.3 is 11.9 Å². The van der Waals surface area contributed by atoms with Gasteiger partial charge in [-0.1, -0.05) is 20.3 Å². The van der Waals surface area contributed by atoms with Gasteiger partial charge in [0.05, 0.1) is 6.61 Å². The van der Waals surface area contributed by atoms with Crippen molar-refractivity contribution in [2.75, 3.05) is 6.61 Å². The number of unbranched alkanes of at least 4 members (excludes halogenated alkanes) is 1. The maximum atomic E-state index is 11.3. The fourth-order valence-corrected chi connectivity index (χ4v) is 1.42. The highest BCUT2D eigenvalue weighted by Crippen LogP contribution is 2.02. The van der Waals surface area contributed by atoms with Crippen molar-refractivity contribution in [1.82, 2.24) is 5.32 Å². The number of carbonyl (C=O) groups is 3. The number of hydrogen-bond acceptors (Lipinski definition) is 4. The van der Waals surface area contributed by atoms with E-state index in [1.807, 2.05) is 13.8 Å². The van der Waals surface area contributed by atoms with Crippen LogP contribution in [-0.2, 0) is 19.1 Å². The van der Waals surface area contributed by atoms with Crippen LogP contribution in [0.2, 0.25) is 0 Å². The summed E-state index contributed by atoms with van der Waals surface area (Å²) in [4.78, 5) is 33.6. The van der Waals surface area contributed by atoms with Crippen LogP contribution in [0.15, 0.2) is 0 Å². The van der Waals surface area contributed by atoms with Gasteiger partial charge in [-0.2, -0.15) is 0 Å². The van der Waals surface area contributed by atoms with Gasteiger partial charge in [-0.15, -0.1) is 0 Å². The summed E-state index contributed by atoms with van der Waals surface area (Å²) >= 11 is 0. The molecule has 0 fully saturated rings. The number of rotatable bonds is 10. The Morgan fingerprint density at radius 3 is 2.37 bits per heavy atom. The lowest BCUT2D eigenvalue weighted by molar-refractivity contribution is -0.145. The van der Waals surface area contributed by atoms with E-state index in [0.717, 1.165) is 12.8 Å². The standard InChI is InChI=1S/C13H23NO5/c1-3-5-9-19-12(16)8-7-10(13(17)18)14-11(15)6-4-2/h10H,3-9H2,1-2H3,(H,14,15)(H,17,18)/t10-/m0/s1. The fourth-order valence-electron chi connectivity index (χ4n) is 1.42. The third kappa shape index (κ3) is 9.04. The van der Waals surface area contributed by atoms with E-state index in [4.69, 9.17) is 9.84 Å². The molecule has 6 nitrogen and oxygen atoms in total. The molecular formula is C13H23NO5. The Bertz CT molecular complexity index is 303. The Balaban J connectivity index is 4.04. The predicted octanol–water partition coefficient (Wildman–Crippen LogP) is 1.48. The molecular weight excluding hydrogens is 250 g/mol. The van der Waals surface area contributed by atoms with Gasteiger partial charge in [-0.25, -0.2) is 4.79 Å². The van der Waals surface area contributed by atoms with Crippen LogP contribution >= 0.6 is 0 Å². The summed E-state index contributed by atoms with van der Waals surface area (Å²) in [6, 6.07) is -1.03. The van der Waals surface area contributed by atoms with E-state index in [9.17, 15) is 14.4 Å². The molecule has 0 spiro atoms.